The van der Waals surface area contributed by atoms with Crippen molar-refractivity contribution in [1.29, 1.82) is 0 Å². The maximum atomic E-state index is 13.1. The molecule has 0 fully saturated rings. The van der Waals surface area contributed by atoms with E-state index in [1.807, 2.05) is 6.92 Å². The van der Waals surface area contributed by atoms with Crippen LogP contribution in [0.2, 0.25) is 0 Å². The number of aryl methyl sites for hydroxylation is 1. The standard InChI is InChI=1S/C24H22N2O7S/c1-15-8-11-17(12-9-15)34(30,31)26-20-7-5-4-6-18(20)22(27)25-21-14-16(23(28)32-2)10-13-19(21)24(29)33-3/h4-14,26H,1-3H3,(H,25,27). The third-order valence-corrected chi connectivity index (χ3v) is 6.22. The van der Waals surface area contributed by atoms with Crippen LogP contribution < -0.4 is 10.0 Å². The van der Waals surface area contributed by atoms with Gasteiger partial charge in [-0.05, 0) is 49.4 Å². The van der Waals surface area contributed by atoms with Gasteiger partial charge in [-0.3, -0.25) is 9.52 Å². The van der Waals surface area contributed by atoms with Crippen LogP contribution in [0.25, 0.3) is 0 Å². The van der Waals surface area contributed by atoms with E-state index in [0.29, 0.717) is 0 Å². The average Bonchev–Trinajstić information content (AvgIpc) is 2.83. The fourth-order valence-electron chi connectivity index (χ4n) is 3.06. The van der Waals surface area contributed by atoms with Gasteiger partial charge in [-0.1, -0.05) is 29.8 Å². The number of anilines is 2. The SMILES string of the molecule is COC(=O)c1ccc(C(=O)OC)c(NC(=O)c2ccccc2NS(=O)(=O)c2ccc(C)cc2)c1. The number of hydrogen-bond acceptors (Lipinski definition) is 7. The Morgan fingerprint density at radius 1 is 0.765 bits per heavy atom. The molecule has 3 aromatic carbocycles. The highest BCUT2D eigenvalue weighted by Crippen LogP contribution is 2.24. The summed E-state index contributed by atoms with van der Waals surface area (Å²) < 4.78 is 37.5. The van der Waals surface area contributed by atoms with Crippen LogP contribution in [0.15, 0.2) is 71.6 Å². The first-order valence-electron chi connectivity index (χ1n) is 9.97. The van der Waals surface area contributed by atoms with Gasteiger partial charge in [-0.15, -0.1) is 0 Å². The van der Waals surface area contributed by atoms with E-state index in [-0.39, 0.29) is 33.0 Å². The van der Waals surface area contributed by atoms with Gasteiger partial charge in [-0.25, -0.2) is 18.0 Å². The van der Waals surface area contributed by atoms with E-state index >= 15 is 0 Å². The van der Waals surface area contributed by atoms with Crippen LogP contribution >= 0.6 is 0 Å². The number of amides is 1. The van der Waals surface area contributed by atoms with Gasteiger partial charge in [0, 0.05) is 0 Å². The summed E-state index contributed by atoms with van der Waals surface area (Å²) in [5.41, 5.74) is 1.02. The molecule has 0 aliphatic carbocycles. The lowest BCUT2D eigenvalue weighted by Gasteiger charge is -2.15. The number of nitrogens with one attached hydrogen (secondary N) is 2. The van der Waals surface area contributed by atoms with Gasteiger partial charge in [0.15, 0.2) is 0 Å². The Kier molecular flexibility index (Phi) is 7.32. The summed E-state index contributed by atoms with van der Waals surface area (Å²) in [4.78, 5) is 37.2. The lowest BCUT2D eigenvalue weighted by molar-refractivity contribution is 0.0587. The van der Waals surface area contributed by atoms with E-state index in [0.717, 1.165) is 5.56 Å². The molecule has 0 unspecified atom stereocenters. The number of methoxy groups -OCH3 is 2. The van der Waals surface area contributed by atoms with Crippen LogP contribution in [0.4, 0.5) is 11.4 Å². The fourth-order valence-corrected chi connectivity index (χ4v) is 4.14. The van der Waals surface area contributed by atoms with Crippen LogP contribution in [-0.4, -0.2) is 40.5 Å². The molecular weight excluding hydrogens is 460 g/mol. The molecule has 3 aromatic rings. The predicted octanol–water partition coefficient (Wildman–Crippen LogP) is 3.62. The zero-order valence-electron chi connectivity index (χ0n) is 18.6. The van der Waals surface area contributed by atoms with E-state index in [2.05, 4.69) is 14.8 Å². The van der Waals surface area contributed by atoms with Gasteiger partial charge < -0.3 is 14.8 Å². The summed E-state index contributed by atoms with van der Waals surface area (Å²) in [5.74, 6) is -2.12. The highest BCUT2D eigenvalue weighted by Gasteiger charge is 2.21. The minimum atomic E-state index is -3.97. The Balaban J connectivity index is 1.96. The van der Waals surface area contributed by atoms with Crippen LogP contribution in [-0.2, 0) is 19.5 Å². The molecule has 0 radical (unpaired) electrons. The van der Waals surface area contributed by atoms with Crippen molar-refractivity contribution < 1.29 is 32.3 Å². The normalized spacial score (nSPS) is 10.8. The monoisotopic (exact) mass is 482 g/mol. The van der Waals surface area contributed by atoms with Crippen molar-refractivity contribution in [3.63, 3.8) is 0 Å². The smallest absolute Gasteiger partial charge is 0.339 e. The second kappa shape index (κ2) is 10.2. The number of benzene rings is 3. The van der Waals surface area contributed by atoms with Crippen molar-refractivity contribution in [1.82, 2.24) is 0 Å². The zero-order chi connectivity index (χ0) is 24.9. The summed E-state index contributed by atoms with van der Waals surface area (Å²) in [6.07, 6.45) is 0. The van der Waals surface area contributed by atoms with E-state index in [4.69, 9.17) is 4.74 Å². The maximum absolute atomic E-state index is 13.1. The van der Waals surface area contributed by atoms with Gasteiger partial charge in [0.1, 0.15) is 0 Å². The molecule has 0 heterocycles. The number of esters is 2. The topological polar surface area (TPSA) is 128 Å². The molecule has 0 aliphatic heterocycles. The third kappa shape index (κ3) is 5.41. The minimum absolute atomic E-state index is 0.00113. The molecule has 0 saturated heterocycles. The fraction of sp³-hybridized carbons (Fsp3) is 0.125. The van der Waals surface area contributed by atoms with Crippen LogP contribution in [0.1, 0.15) is 36.6 Å². The largest absolute Gasteiger partial charge is 0.465 e. The third-order valence-electron chi connectivity index (χ3n) is 4.84. The first kappa shape index (κ1) is 24.5. The second-order valence-corrected chi connectivity index (χ2v) is 8.84. The Bertz CT molecular complexity index is 1350. The van der Waals surface area contributed by atoms with Crippen molar-refractivity contribution in [2.75, 3.05) is 24.3 Å². The zero-order valence-corrected chi connectivity index (χ0v) is 19.4. The Labute approximate surface area is 196 Å². The van der Waals surface area contributed by atoms with E-state index < -0.39 is 27.9 Å². The molecule has 176 valence electrons. The van der Waals surface area contributed by atoms with Crippen molar-refractivity contribution >= 4 is 39.2 Å². The van der Waals surface area contributed by atoms with Crippen molar-refractivity contribution in [3.8, 4) is 0 Å². The molecule has 1 amide bonds. The number of carbonyl (C=O) groups is 3. The van der Waals surface area contributed by atoms with Gasteiger partial charge >= 0.3 is 11.9 Å². The number of rotatable bonds is 7. The summed E-state index contributed by atoms with van der Waals surface area (Å²) >= 11 is 0. The van der Waals surface area contributed by atoms with E-state index in [1.165, 1.54) is 56.7 Å². The first-order valence-corrected chi connectivity index (χ1v) is 11.4. The second-order valence-electron chi connectivity index (χ2n) is 7.16. The van der Waals surface area contributed by atoms with Gasteiger partial charge in [0.2, 0.25) is 0 Å². The molecule has 2 N–H and O–H groups in total. The summed E-state index contributed by atoms with van der Waals surface area (Å²) in [7, 11) is -1.59. The van der Waals surface area contributed by atoms with E-state index in [9.17, 15) is 22.8 Å². The maximum Gasteiger partial charge on any atom is 0.339 e. The lowest BCUT2D eigenvalue weighted by atomic mass is 10.1. The number of para-hydroxylation sites is 1. The Morgan fingerprint density at radius 2 is 1.41 bits per heavy atom. The number of hydrogen-bond donors (Lipinski definition) is 2. The van der Waals surface area contributed by atoms with Crippen molar-refractivity contribution in [2.24, 2.45) is 0 Å². The van der Waals surface area contributed by atoms with Crippen LogP contribution in [0, 0.1) is 6.92 Å². The first-order chi connectivity index (χ1) is 16.2. The van der Waals surface area contributed by atoms with Crippen LogP contribution in [0.5, 0.6) is 0 Å². The van der Waals surface area contributed by atoms with Crippen LogP contribution in [0.3, 0.4) is 0 Å². The minimum Gasteiger partial charge on any atom is -0.465 e. The Morgan fingerprint density at radius 3 is 2.06 bits per heavy atom. The lowest BCUT2D eigenvalue weighted by Crippen LogP contribution is -2.20. The summed E-state index contributed by atoms with van der Waals surface area (Å²) in [6.45, 7) is 1.83. The molecular formula is C24H22N2O7S. The summed E-state index contributed by atoms with van der Waals surface area (Å²) in [6, 6.07) is 16.2. The molecule has 0 spiro atoms. The molecule has 0 atom stereocenters. The van der Waals surface area contributed by atoms with E-state index in [1.54, 1.807) is 24.3 Å². The molecule has 0 bridgehead atoms. The quantitative estimate of drug-likeness (QED) is 0.492. The number of ether oxygens (including phenoxy) is 2. The highest BCUT2D eigenvalue weighted by molar-refractivity contribution is 7.92. The molecule has 3 rings (SSSR count). The number of sulfonamides is 1. The van der Waals surface area contributed by atoms with Gasteiger partial charge in [0.05, 0.1) is 47.2 Å². The number of carbonyl (C=O) groups excluding carboxylic acids is 3. The predicted molar refractivity (Wildman–Crippen MR) is 126 cm³/mol. The Hall–Kier alpha value is -4.18. The van der Waals surface area contributed by atoms with Crippen molar-refractivity contribution in [2.45, 2.75) is 11.8 Å². The van der Waals surface area contributed by atoms with Crippen molar-refractivity contribution in [3.05, 3.63) is 89.0 Å². The average molecular weight is 483 g/mol. The van der Waals surface area contributed by atoms with Gasteiger partial charge in [0.25, 0.3) is 15.9 Å². The highest BCUT2D eigenvalue weighted by atomic mass is 32.2. The molecule has 0 aromatic heterocycles. The van der Waals surface area contributed by atoms with Gasteiger partial charge in [-0.2, -0.15) is 0 Å². The molecule has 10 heteroatoms. The summed E-state index contributed by atoms with van der Waals surface area (Å²) in [5, 5.41) is 2.55. The molecule has 9 nitrogen and oxygen atoms in total. The molecule has 0 aliphatic rings. The molecule has 34 heavy (non-hydrogen) atoms. The molecule has 0 saturated carbocycles.